The molecule has 0 atom stereocenters. The van der Waals surface area contributed by atoms with Crippen LogP contribution in [0.5, 0.6) is 0 Å². The van der Waals surface area contributed by atoms with E-state index in [1.807, 2.05) is 0 Å². The lowest BCUT2D eigenvalue weighted by Crippen LogP contribution is -2.35. The molecule has 1 saturated heterocycles. The first kappa shape index (κ1) is 19.4. The third-order valence-electron chi connectivity index (χ3n) is 5.44. The predicted octanol–water partition coefficient (Wildman–Crippen LogP) is 3.19. The average Bonchev–Trinajstić information content (AvgIpc) is 3.16. The van der Waals surface area contributed by atoms with Crippen LogP contribution in [-0.4, -0.2) is 31.9 Å². The summed E-state index contributed by atoms with van der Waals surface area (Å²) in [6.07, 6.45) is 4.35. The van der Waals surface area contributed by atoms with Crippen LogP contribution in [0.3, 0.4) is 0 Å². The second-order valence-electron chi connectivity index (χ2n) is 7.43. The van der Waals surface area contributed by atoms with Crippen LogP contribution in [-0.2, 0) is 27.7 Å². The number of aromatic carboxylic acids is 1. The number of nitrogens with one attached hydrogen (secondary N) is 1. The lowest BCUT2D eigenvalue weighted by atomic mass is 10.1. The monoisotopic (exact) mass is 414 g/mol. The van der Waals surface area contributed by atoms with Crippen molar-refractivity contribution in [2.45, 2.75) is 43.4 Å². The van der Waals surface area contributed by atoms with E-state index in [9.17, 15) is 23.1 Å². The van der Waals surface area contributed by atoms with Crippen LogP contribution >= 0.6 is 0 Å². The molecule has 1 fully saturated rings. The zero-order valence-electron chi connectivity index (χ0n) is 15.8. The van der Waals surface area contributed by atoms with Crippen molar-refractivity contribution in [2.75, 3.05) is 16.2 Å². The summed E-state index contributed by atoms with van der Waals surface area (Å²) < 4.78 is 28.8. The van der Waals surface area contributed by atoms with Crippen LogP contribution in [0.4, 0.5) is 11.4 Å². The van der Waals surface area contributed by atoms with Crippen molar-refractivity contribution in [2.24, 2.45) is 0 Å². The van der Waals surface area contributed by atoms with Crippen molar-refractivity contribution >= 4 is 33.3 Å². The number of fused-ring (bicyclic) bond motifs is 1. The molecule has 1 aliphatic heterocycles. The van der Waals surface area contributed by atoms with E-state index in [0.717, 1.165) is 24.8 Å². The number of carboxylic acid groups (broad SMARTS) is 1. The minimum atomic E-state index is -3.97. The molecule has 2 aromatic carbocycles. The number of benzene rings is 2. The Morgan fingerprint density at radius 1 is 1.03 bits per heavy atom. The number of rotatable bonds is 5. The Hall–Kier alpha value is -2.87. The van der Waals surface area contributed by atoms with Gasteiger partial charge in [0.1, 0.15) is 0 Å². The van der Waals surface area contributed by atoms with Crippen LogP contribution in [0.2, 0.25) is 0 Å². The molecule has 7 nitrogen and oxygen atoms in total. The zero-order valence-corrected chi connectivity index (χ0v) is 16.7. The van der Waals surface area contributed by atoms with Crippen molar-refractivity contribution in [3.63, 3.8) is 0 Å². The summed E-state index contributed by atoms with van der Waals surface area (Å²) in [6, 6.07) is 9.54. The Balaban J connectivity index is 1.67. The second-order valence-corrected chi connectivity index (χ2v) is 9.08. The first-order valence-corrected chi connectivity index (χ1v) is 11.2. The standard InChI is InChI=1S/C21H22N2O5S/c24-20-9-1-2-10-23(20)17-7-4-6-16(13-17)22-29(27,28)19-12-15(21(25)26)11-14-5-3-8-18(14)19/h4,6-7,11-13,22H,1-3,5,8-10H2,(H,25,26). The Morgan fingerprint density at radius 2 is 1.86 bits per heavy atom. The van der Waals surface area contributed by atoms with E-state index in [1.54, 1.807) is 35.2 Å². The summed E-state index contributed by atoms with van der Waals surface area (Å²) in [5.41, 5.74) is 2.43. The quantitative estimate of drug-likeness (QED) is 0.782. The van der Waals surface area contributed by atoms with Gasteiger partial charge in [0, 0.05) is 18.7 Å². The molecule has 1 heterocycles. The van der Waals surface area contributed by atoms with Gasteiger partial charge in [-0.05, 0) is 73.6 Å². The van der Waals surface area contributed by atoms with E-state index in [2.05, 4.69) is 4.72 Å². The van der Waals surface area contributed by atoms with Gasteiger partial charge < -0.3 is 10.0 Å². The number of anilines is 2. The van der Waals surface area contributed by atoms with Crippen molar-refractivity contribution in [1.29, 1.82) is 0 Å². The third kappa shape index (κ3) is 3.85. The van der Waals surface area contributed by atoms with E-state index >= 15 is 0 Å². The molecule has 0 radical (unpaired) electrons. The number of carbonyl (C=O) groups is 2. The zero-order chi connectivity index (χ0) is 20.6. The fraction of sp³-hybridized carbons (Fsp3) is 0.333. The van der Waals surface area contributed by atoms with Crippen molar-refractivity contribution in [3.8, 4) is 0 Å². The fourth-order valence-electron chi connectivity index (χ4n) is 4.06. The van der Waals surface area contributed by atoms with Gasteiger partial charge in [-0.3, -0.25) is 9.52 Å². The van der Waals surface area contributed by atoms with Gasteiger partial charge in [-0.2, -0.15) is 0 Å². The van der Waals surface area contributed by atoms with Crippen LogP contribution < -0.4 is 9.62 Å². The van der Waals surface area contributed by atoms with Crippen LogP contribution in [0, 0.1) is 0 Å². The summed E-state index contributed by atoms with van der Waals surface area (Å²) in [4.78, 5) is 25.3. The maximum Gasteiger partial charge on any atom is 0.335 e. The largest absolute Gasteiger partial charge is 0.478 e. The van der Waals surface area contributed by atoms with Crippen molar-refractivity contribution in [3.05, 3.63) is 53.1 Å². The molecule has 1 aliphatic carbocycles. The molecule has 29 heavy (non-hydrogen) atoms. The maximum atomic E-state index is 13.1. The molecule has 152 valence electrons. The highest BCUT2D eigenvalue weighted by Crippen LogP contribution is 2.32. The highest BCUT2D eigenvalue weighted by atomic mass is 32.2. The Bertz CT molecular complexity index is 1090. The van der Waals surface area contributed by atoms with E-state index in [1.165, 1.54) is 6.07 Å². The number of carboxylic acids is 1. The fourth-order valence-corrected chi connectivity index (χ4v) is 5.44. The van der Waals surface area contributed by atoms with Gasteiger partial charge in [0.25, 0.3) is 10.0 Å². The van der Waals surface area contributed by atoms with E-state index in [0.29, 0.717) is 42.7 Å². The smallest absolute Gasteiger partial charge is 0.335 e. The molecule has 0 spiro atoms. The maximum absolute atomic E-state index is 13.1. The summed E-state index contributed by atoms with van der Waals surface area (Å²) in [5.74, 6) is -1.12. The summed E-state index contributed by atoms with van der Waals surface area (Å²) in [5, 5.41) is 9.35. The first-order valence-electron chi connectivity index (χ1n) is 9.67. The minimum Gasteiger partial charge on any atom is -0.478 e. The lowest BCUT2D eigenvalue weighted by Gasteiger charge is -2.27. The van der Waals surface area contributed by atoms with Gasteiger partial charge in [0.05, 0.1) is 16.1 Å². The molecule has 2 aromatic rings. The van der Waals surface area contributed by atoms with E-state index in [-0.39, 0.29) is 16.4 Å². The number of hydrogen-bond donors (Lipinski definition) is 2. The Morgan fingerprint density at radius 3 is 2.62 bits per heavy atom. The predicted molar refractivity (Wildman–Crippen MR) is 109 cm³/mol. The van der Waals surface area contributed by atoms with Gasteiger partial charge in [-0.25, -0.2) is 13.2 Å². The number of sulfonamides is 1. The van der Waals surface area contributed by atoms with Crippen molar-refractivity contribution < 1.29 is 23.1 Å². The number of amides is 1. The average molecular weight is 414 g/mol. The number of carbonyl (C=O) groups excluding carboxylic acids is 1. The molecular formula is C21H22N2O5S. The van der Waals surface area contributed by atoms with Crippen molar-refractivity contribution in [1.82, 2.24) is 0 Å². The van der Waals surface area contributed by atoms with Crippen LogP contribution in [0.25, 0.3) is 0 Å². The summed E-state index contributed by atoms with van der Waals surface area (Å²) in [6.45, 7) is 0.614. The molecule has 0 unspecified atom stereocenters. The van der Waals surface area contributed by atoms with Crippen LogP contribution in [0.15, 0.2) is 41.3 Å². The third-order valence-corrected chi connectivity index (χ3v) is 6.89. The number of hydrogen-bond acceptors (Lipinski definition) is 4. The molecule has 8 heteroatoms. The topological polar surface area (TPSA) is 104 Å². The van der Waals surface area contributed by atoms with Gasteiger partial charge >= 0.3 is 5.97 Å². The van der Waals surface area contributed by atoms with Gasteiger partial charge in [0.15, 0.2) is 0 Å². The normalized spacial score (nSPS) is 16.6. The molecule has 2 aliphatic rings. The van der Waals surface area contributed by atoms with Gasteiger partial charge in [0.2, 0.25) is 5.91 Å². The Labute approximate surface area is 169 Å². The molecular weight excluding hydrogens is 392 g/mol. The molecule has 0 aromatic heterocycles. The highest BCUT2D eigenvalue weighted by Gasteiger charge is 2.27. The highest BCUT2D eigenvalue weighted by molar-refractivity contribution is 7.92. The molecule has 1 amide bonds. The number of nitrogens with zero attached hydrogens (tertiary/aromatic N) is 1. The molecule has 4 rings (SSSR count). The molecule has 0 bridgehead atoms. The Kier molecular flexibility index (Phi) is 5.04. The van der Waals surface area contributed by atoms with E-state index in [4.69, 9.17) is 0 Å². The lowest BCUT2D eigenvalue weighted by molar-refractivity contribution is -0.119. The molecule has 0 saturated carbocycles. The van der Waals surface area contributed by atoms with E-state index < -0.39 is 16.0 Å². The van der Waals surface area contributed by atoms with Crippen LogP contribution in [0.1, 0.15) is 47.2 Å². The SMILES string of the molecule is O=C(O)c1cc2c(c(S(=O)(=O)Nc3cccc(N4CCCCC4=O)c3)c1)CCC2. The second kappa shape index (κ2) is 7.51. The summed E-state index contributed by atoms with van der Waals surface area (Å²) in [7, 11) is -3.97. The minimum absolute atomic E-state index is 0.0179. The summed E-state index contributed by atoms with van der Waals surface area (Å²) >= 11 is 0. The molecule has 2 N–H and O–H groups in total. The number of aryl methyl sites for hydroxylation is 1. The first-order chi connectivity index (χ1) is 13.8. The van der Waals surface area contributed by atoms with Gasteiger partial charge in [-0.1, -0.05) is 6.07 Å². The van der Waals surface area contributed by atoms with Gasteiger partial charge in [-0.15, -0.1) is 0 Å². The number of piperidine rings is 1.